The summed E-state index contributed by atoms with van der Waals surface area (Å²) in [5, 5.41) is 13.6. The molecular weight excluding hydrogens is 262 g/mol. The van der Waals surface area contributed by atoms with Gasteiger partial charge in [0.15, 0.2) is 0 Å². The quantitative estimate of drug-likeness (QED) is 0.804. The zero-order chi connectivity index (χ0) is 15.6. The van der Waals surface area contributed by atoms with Gasteiger partial charge in [-0.05, 0) is 51.7 Å². The normalized spacial score (nSPS) is 37.3. The van der Waals surface area contributed by atoms with Gasteiger partial charge in [-0.3, -0.25) is 4.90 Å². The van der Waals surface area contributed by atoms with E-state index in [1.807, 2.05) is 0 Å². The Morgan fingerprint density at radius 2 is 2.05 bits per heavy atom. The molecule has 1 saturated heterocycles. The molecule has 1 aliphatic heterocycles. The maximum atomic E-state index is 10.1. The molecule has 21 heavy (non-hydrogen) atoms. The summed E-state index contributed by atoms with van der Waals surface area (Å²) >= 11 is 0. The maximum absolute atomic E-state index is 10.1. The van der Waals surface area contributed by atoms with Crippen LogP contribution in [0.3, 0.4) is 0 Å². The van der Waals surface area contributed by atoms with Crippen molar-refractivity contribution in [1.82, 2.24) is 15.1 Å². The van der Waals surface area contributed by atoms with Crippen LogP contribution >= 0.6 is 0 Å². The van der Waals surface area contributed by atoms with Gasteiger partial charge in [0.05, 0.1) is 6.10 Å². The lowest BCUT2D eigenvalue weighted by Gasteiger charge is -2.46. The van der Waals surface area contributed by atoms with Gasteiger partial charge in [0.1, 0.15) is 0 Å². The fraction of sp³-hybridized carbons (Fsp3) is 1.00. The van der Waals surface area contributed by atoms with Crippen LogP contribution in [0.1, 0.15) is 39.5 Å². The van der Waals surface area contributed by atoms with E-state index in [0.717, 1.165) is 26.1 Å². The Balaban J connectivity index is 2.01. The largest absolute Gasteiger partial charge is 0.392 e. The number of aliphatic hydroxyl groups is 1. The molecule has 0 aromatic carbocycles. The van der Waals surface area contributed by atoms with Crippen LogP contribution in [0.2, 0.25) is 0 Å². The van der Waals surface area contributed by atoms with Crippen molar-refractivity contribution < 1.29 is 5.11 Å². The molecule has 1 saturated carbocycles. The Labute approximate surface area is 130 Å². The predicted molar refractivity (Wildman–Crippen MR) is 88.5 cm³/mol. The van der Waals surface area contributed by atoms with Crippen molar-refractivity contribution in [2.24, 2.45) is 11.3 Å². The van der Waals surface area contributed by atoms with Crippen LogP contribution in [-0.2, 0) is 0 Å². The van der Waals surface area contributed by atoms with Gasteiger partial charge in [-0.1, -0.05) is 20.3 Å². The van der Waals surface area contributed by atoms with Gasteiger partial charge >= 0.3 is 0 Å². The van der Waals surface area contributed by atoms with Crippen molar-refractivity contribution in [2.75, 3.05) is 40.8 Å². The first kappa shape index (κ1) is 17.2. The fourth-order valence-corrected chi connectivity index (χ4v) is 4.70. The second-order valence-electron chi connectivity index (χ2n) is 8.17. The number of hydrogen-bond donors (Lipinski definition) is 2. The molecule has 2 rings (SSSR count). The minimum Gasteiger partial charge on any atom is -0.392 e. The van der Waals surface area contributed by atoms with E-state index >= 15 is 0 Å². The highest BCUT2D eigenvalue weighted by molar-refractivity contribution is 4.96. The van der Waals surface area contributed by atoms with Crippen LogP contribution in [-0.4, -0.2) is 73.9 Å². The molecule has 4 heteroatoms. The third-order valence-corrected chi connectivity index (χ3v) is 5.57. The van der Waals surface area contributed by atoms with Gasteiger partial charge in [-0.25, -0.2) is 0 Å². The van der Waals surface area contributed by atoms with Gasteiger partial charge in [0.2, 0.25) is 0 Å². The zero-order valence-corrected chi connectivity index (χ0v) is 14.6. The molecule has 1 heterocycles. The summed E-state index contributed by atoms with van der Waals surface area (Å²) in [6.07, 6.45) is 4.76. The minimum absolute atomic E-state index is 0.139. The molecule has 4 unspecified atom stereocenters. The molecule has 1 aliphatic carbocycles. The summed E-state index contributed by atoms with van der Waals surface area (Å²) in [4.78, 5) is 4.79. The van der Waals surface area contributed by atoms with E-state index in [-0.39, 0.29) is 6.10 Å². The van der Waals surface area contributed by atoms with Crippen molar-refractivity contribution >= 4 is 0 Å². The van der Waals surface area contributed by atoms with Crippen molar-refractivity contribution in [3.63, 3.8) is 0 Å². The van der Waals surface area contributed by atoms with E-state index in [1.165, 1.54) is 19.3 Å². The topological polar surface area (TPSA) is 38.7 Å². The third kappa shape index (κ3) is 4.19. The second kappa shape index (κ2) is 6.95. The van der Waals surface area contributed by atoms with E-state index < -0.39 is 0 Å². The number of hydrogen-bond acceptors (Lipinski definition) is 4. The highest BCUT2D eigenvalue weighted by Gasteiger charge is 2.40. The van der Waals surface area contributed by atoms with Crippen LogP contribution in [0, 0.1) is 11.3 Å². The summed E-state index contributed by atoms with van der Waals surface area (Å²) in [5.41, 5.74) is 0.382. The molecule has 0 aromatic heterocycles. The van der Waals surface area contributed by atoms with E-state index in [4.69, 9.17) is 0 Å². The molecule has 0 aromatic rings. The lowest BCUT2D eigenvalue weighted by Crippen LogP contribution is -2.52. The zero-order valence-electron chi connectivity index (χ0n) is 14.6. The maximum Gasteiger partial charge on any atom is 0.0682 e. The Bertz CT molecular complexity index is 332. The molecule has 4 nitrogen and oxygen atoms in total. The van der Waals surface area contributed by atoms with Crippen LogP contribution < -0.4 is 5.32 Å². The Morgan fingerprint density at radius 1 is 1.33 bits per heavy atom. The van der Waals surface area contributed by atoms with Gasteiger partial charge in [-0.15, -0.1) is 0 Å². The summed E-state index contributed by atoms with van der Waals surface area (Å²) in [6, 6.07) is 1.10. The number of aliphatic hydroxyl groups excluding tert-OH is 1. The SMILES string of the molecule is CNC1C(CN2CC(O)CC2CN(C)C)CCCC1(C)C. The summed E-state index contributed by atoms with van der Waals surface area (Å²) in [7, 11) is 6.37. The van der Waals surface area contributed by atoms with Crippen molar-refractivity contribution in [3.05, 3.63) is 0 Å². The monoisotopic (exact) mass is 297 g/mol. The summed E-state index contributed by atoms with van der Waals surface area (Å²) in [5.74, 6) is 0.703. The van der Waals surface area contributed by atoms with E-state index in [1.54, 1.807) is 0 Å². The summed E-state index contributed by atoms with van der Waals surface area (Å²) < 4.78 is 0. The summed E-state index contributed by atoms with van der Waals surface area (Å²) in [6.45, 7) is 7.83. The number of rotatable bonds is 5. The lowest BCUT2D eigenvalue weighted by molar-refractivity contribution is 0.0725. The molecule has 2 aliphatic rings. The molecular formula is C17H35N3O. The molecule has 0 bridgehead atoms. The Hall–Kier alpha value is -0.160. The highest BCUT2D eigenvalue weighted by Crippen LogP contribution is 2.39. The average molecular weight is 297 g/mol. The molecule has 0 amide bonds. The number of nitrogens with zero attached hydrogens (tertiary/aromatic N) is 2. The van der Waals surface area contributed by atoms with Crippen molar-refractivity contribution in [2.45, 2.75) is 57.7 Å². The number of likely N-dealkylation sites (tertiary alicyclic amines) is 1. The third-order valence-electron chi connectivity index (χ3n) is 5.57. The van der Waals surface area contributed by atoms with Crippen LogP contribution in [0.4, 0.5) is 0 Å². The molecule has 124 valence electrons. The number of nitrogens with one attached hydrogen (secondary N) is 1. The van der Waals surface area contributed by atoms with Gasteiger partial charge in [0.25, 0.3) is 0 Å². The molecule has 2 fully saturated rings. The minimum atomic E-state index is -0.139. The standard InChI is InChI=1S/C17H35N3O/c1-17(2)8-6-7-13(16(17)18-3)10-20-12-15(21)9-14(20)11-19(4)5/h13-16,18,21H,6-12H2,1-5H3. The van der Waals surface area contributed by atoms with E-state index in [9.17, 15) is 5.11 Å². The van der Waals surface area contributed by atoms with Crippen molar-refractivity contribution in [1.29, 1.82) is 0 Å². The van der Waals surface area contributed by atoms with E-state index in [2.05, 4.69) is 50.1 Å². The van der Waals surface area contributed by atoms with Gasteiger partial charge in [0, 0.05) is 31.7 Å². The molecule has 2 N–H and O–H groups in total. The number of likely N-dealkylation sites (N-methyl/N-ethyl adjacent to an activating group) is 1. The Morgan fingerprint density at radius 3 is 2.67 bits per heavy atom. The highest BCUT2D eigenvalue weighted by atomic mass is 16.3. The first-order valence-electron chi connectivity index (χ1n) is 8.57. The van der Waals surface area contributed by atoms with Crippen LogP contribution in [0.5, 0.6) is 0 Å². The molecule has 4 atom stereocenters. The van der Waals surface area contributed by atoms with Crippen LogP contribution in [0.25, 0.3) is 0 Å². The van der Waals surface area contributed by atoms with Gasteiger partial charge in [-0.2, -0.15) is 0 Å². The van der Waals surface area contributed by atoms with Crippen LogP contribution in [0.15, 0.2) is 0 Å². The lowest BCUT2D eigenvalue weighted by atomic mass is 9.68. The smallest absolute Gasteiger partial charge is 0.0682 e. The molecule has 0 radical (unpaired) electrons. The Kier molecular flexibility index (Phi) is 5.69. The molecule has 0 spiro atoms. The fourth-order valence-electron chi connectivity index (χ4n) is 4.70. The van der Waals surface area contributed by atoms with Crippen molar-refractivity contribution in [3.8, 4) is 0 Å². The first-order valence-corrected chi connectivity index (χ1v) is 8.57. The van der Waals surface area contributed by atoms with Gasteiger partial charge < -0.3 is 15.3 Å². The second-order valence-corrected chi connectivity index (χ2v) is 8.17. The van der Waals surface area contributed by atoms with E-state index in [0.29, 0.717) is 23.4 Å². The predicted octanol–water partition coefficient (Wildman–Crippen LogP) is 1.40. The number of β-amino-alcohol motifs (C(OH)–C–C–N with tert-alkyl or cyclic N) is 1. The first-order chi connectivity index (χ1) is 9.83. The average Bonchev–Trinajstić information content (AvgIpc) is 2.67.